The van der Waals surface area contributed by atoms with Gasteiger partial charge in [0.1, 0.15) is 22.5 Å². The molecular formula is C12H10ClN3S2. The molecule has 6 heteroatoms. The maximum atomic E-state index is 9.13. The van der Waals surface area contributed by atoms with Crippen LogP contribution in [-0.2, 0) is 5.75 Å². The van der Waals surface area contributed by atoms with Crippen molar-refractivity contribution < 1.29 is 0 Å². The van der Waals surface area contributed by atoms with Crippen molar-refractivity contribution in [1.82, 2.24) is 9.97 Å². The fourth-order valence-electron chi connectivity index (χ4n) is 1.48. The maximum absolute atomic E-state index is 9.13. The molecule has 0 unspecified atom stereocenters. The van der Waals surface area contributed by atoms with E-state index in [0.717, 1.165) is 20.8 Å². The fourth-order valence-corrected chi connectivity index (χ4v) is 3.69. The van der Waals surface area contributed by atoms with Crippen LogP contribution in [0.15, 0.2) is 17.2 Å². The lowest BCUT2D eigenvalue weighted by atomic mass is 10.3. The highest BCUT2D eigenvalue weighted by Gasteiger charge is 2.11. The van der Waals surface area contributed by atoms with Gasteiger partial charge in [0.05, 0.1) is 10.0 Å². The molecule has 0 aliphatic heterocycles. The number of nitriles is 1. The van der Waals surface area contributed by atoms with Gasteiger partial charge in [0, 0.05) is 10.6 Å². The molecular weight excluding hydrogens is 286 g/mol. The van der Waals surface area contributed by atoms with Gasteiger partial charge in [-0.15, -0.1) is 11.3 Å². The second kappa shape index (κ2) is 5.70. The molecule has 0 aliphatic rings. The molecule has 0 aromatic carbocycles. The quantitative estimate of drug-likeness (QED) is 0.635. The summed E-state index contributed by atoms with van der Waals surface area (Å²) in [6.07, 6.45) is 0. The van der Waals surface area contributed by atoms with Crippen molar-refractivity contribution >= 4 is 34.7 Å². The molecule has 0 saturated heterocycles. The summed E-state index contributed by atoms with van der Waals surface area (Å²) in [7, 11) is 0. The Morgan fingerprint density at radius 2 is 2.17 bits per heavy atom. The van der Waals surface area contributed by atoms with E-state index in [2.05, 4.69) is 16.0 Å². The summed E-state index contributed by atoms with van der Waals surface area (Å²) >= 11 is 8.97. The number of aryl methyl sites for hydroxylation is 2. The number of thioether (sulfide) groups is 1. The SMILES string of the molecule is Cc1nc(C)c(C#N)c(SCc2ccc(Cl)s2)n1. The van der Waals surface area contributed by atoms with Crippen LogP contribution in [0.3, 0.4) is 0 Å². The fraction of sp³-hybridized carbons (Fsp3) is 0.250. The van der Waals surface area contributed by atoms with Gasteiger partial charge in [-0.3, -0.25) is 0 Å². The third-order valence-electron chi connectivity index (χ3n) is 2.26. The van der Waals surface area contributed by atoms with Gasteiger partial charge >= 0.3 is 0 Å². The van der Waals surface area contributed by atoms with Crippen molar-refractivity contribution in [1.29, 1.82) is 5.26 Å². The zero-order valence-electron chi connectivity index (χ0n) is 9.90. The summed E-state index contributed by atoms with van der Waals surface area (Å²) in [4.78, 5) is 9.70. The van der Waals surface area contributed by atoms with Gasteiger partial charge in [0.2, 0.25) is 0 Å². The summed E-state index contributed by atoms with van der Waals surface area (Å²) in [6, 6.07) is 6.04. The van der Waals surface area contributed by atoms with Gasteiger partial charge in [0.15, 0.2) is 0 Å². The van der Waals surface area contributed by atoms with Crippen LogP contribution in [0.2, 0.25) is 4.34 Å². The third kappa shape index (κ3) is 3.02. The second-order valence-electron chi connectivity index (χ2n) is 3.64. The first-order valence-corrected chi connectivity index (χ1v) is 7.40. The average Bonchev–Trinajstić information content (AvgIpc) is 2.72. The lowest BCUT2D eigenvalue weighted by Gasteiger charge is -2.05. The topological polar surface area (TPSA) is 49.6 Å². The van der Waals surface area contributed by atoms with Crippen molar-refractivity contribution in [2.45, 2.75) is 24.6 Å². The van der Waals surface area contributed by atoms with E-state index < -0.39 is 0 Å². The van der Waals surface area contributed by atoms with Crippen LogP contribution in [0.5, 0.6) is 0 Å². The highest BCUT2D eigenvalue weighted by Crippen LogP contribution is 2.30. The molecule has 2 heterocycles. The molecule has 0 N–H and O–H groups in total. The van der Waals surface area contributed by atoms with Crippen molar-refractivity contribution in [2.75, 3.05) is 0 Å². The summed E-state index contributed by atoms with van der Waals surface area (Å²) in [5.74, 6) is 1.46. The summed E-state index contributed by atoms with van der Waals surface area (Å²) in [5, 5.41) is 9.87. The van der Waals surface area contributed by atoms with Crippen molar-refractivity contribution in [2.24, 2.45) is 0 Å². The molecule has 3 nitrogen and oxygen atoms in total. The molecule has 0 aliphatic carbocycles. The largest absolute Gasteiger partial charge is 0.237 e. The molecule has 0 spiro atoms. The zero-order valence-corrected chi connectivity index (χ0v) is 12.3. The van der Waals surface area contributed by atoms with Crippen molar-refractivity contribution in [3.8, 4) is 6.07 Å². The van der Waals surface area contributed by atoms with E-state index in [1.54, 1.807) is 23.1 Å². The Kier molecular flexibility index (Phi) is 4.23. The van der Waals surface area contributed by atoms with Crippen LogP contribution < -0.4 is 0 Å². The van der Waals surface area contributed by atoms with Gasteiger partial charge in [-0.25, -0.2) is 9.97 Å². The van der Waals surface area contributed by atoms with Crippen LogP contribution in [0.25, 0.3) is 0 Å². The predicted octanol–water partition coefficient (Wildman–Crippen LogP) is 3.97. The summed E-state index contributed by atoms with van der Waals surface area (Å²) in [5.41, 5.74) is 1.30. The van der Waals surface area contributed by atoms with E-state index >= 15 is 0 Å². The molecule has 2 aromatic rings. The molecule has 18 heavy (non-hydrogen) atoms. The smallest absolute Gasteiger partial charge is 0.126 e. The molecule has 0 saturated carbocycles. The first-order valence-electron chi connectivity index (χ1n) is 5.22. The molecule has 92 valence electrons. The molecule has 2 rings (SSSR count). The monoisotopic (exact) mass is 295 g/mol. The second-order valence-corrected chi connectivity index (χ2v) is 6.41. The normalized spacial score (nSPS) is 10.3. The number of aromatic nitrogens is 2. The molecule has 0 amide bonds. The van der Waals surface area contributed by atoms with Gasteiger partial charge in [-0.05, 0) is 26.0 Å². The Hall–Kier alpha value is -1.09. The highest BCUT2D eigenvalue weighted by molar-refractivity contribution is 7.98. The van der Waals surface area contributed by atoms with E-state index in [9.17, 15) is 0 Å². The summed E-state index contributed by atoms with van der Waals surface area (Å²) < 4.78 is 0.779. The summed E-state index contributed by atoms with van der Waals surface area (Å²) in [6.45, 7) is 3.67. The van der Waals surface area contributed by atoms with E-state index in [4.69, 9.17) is 16.9 Å². The molecule has 0 atom stereocenters. The van der Waals surface area contributed by atoms with Crippen molar-refractivity contribution in [3.05, 3.63) is 38.4 Å². The lowest BCUT2D eigenvalue weighted by Crippen LogP contribution is -1.98. The Balaban J connectivity index is 2.21. The van der Waals surface area contributed by atoms with Gasteiger partial charge in [0.25, 0.3) is 0 Å². The van der Waals surface area contributed by atoms with Gasteiger partial charge in [-0.1, -0.05) is 23.4 Å². The minimum absolute atomic E-state index is 0.563. The predicted molar refractivity (Wildman–Crippen MR) is 75.1 cm³/mol. The van der Waals surface area contributed by atoms with Crippen LogP contribution in [0.1, 0.15) is 22.0 Å². The Morgan fingerprint density at radius 3 is 2.78 bits per heavy atom. The highest BCUT2D eigenvalue weighted by atomic mass is 35.5. The molecule has 0 bridgehead atoms. The Labute approximate surface area is 119 Å². The average molecular weight is 296 g/mol. The van der Waals surface area contributed by atoms with Crippen LogP contribution in [0.4, 0.5) is 0 Å². The zero-order chi connectivity index (χ0) is 13.1. The third-order valence-corrected chi connectivity index (χ3v) is 4.70. The number of nitrogens with zero attached hydrogens (tertiary/aromatic N) is 3. The van der Waals surface area contributed by atoms with Gasteiger partial charge in [-0.2, -0.15) is 5.26 Å². The van der Waals surface area contributed by atoms with Crippen LogP contribution in [0, 0.1) is 25.2 Å². The molecule has 0 fully saturated rings. The minimum atomic E-state index is 0.563. The van der Waals surface area contributed by atoms with Gasteiger partial charge < -0.3 is 0 Å². The Bertz CT molecular complexity index is 616. The van der Waals surface area contributed by atoms with E-state index in [0.29, 0.717) is 11.4 Å². The number of halogens is 1. The minimum Gasteiger partial charge on any atom is -0.237 e. The maximum Gasteiger partial charge on any atom is 0.126 e. The number of thiophene rings is 1. The molecule has 2 aromatic heterocycles. The van der Waals surface area contributed by atoms with Crippen LogP contribution >= 0.6 is 34.7 Å². The first-order chi connectivity index (χ1) is 8.60. The van der Waals surface area contributed by atoms with Crippen LogP contribution in [-0.4, -0.2) is 9.97 Å². The number of rotatable bonds is 3. The van der Waals surface area contributed by atoms with E-state index in [-0.39, 0.29) is 0 Å². The number of hydrogen-bond donors (Lipinski definition) is 0. The van der Waals surface area contributed by atoms with Crippen molar-refractivity contribution in [3.63, 3.8) is 0 Å². The Morgan fingerprint density at radius 1 is 1.39 bits per heavy atom. The standard InChI is InChI=1S/C12H10ClN3S2/c1-7-10(5-14)12(16-8(2)15-7)17-6-9-3-4-11(13)18-9/h3-4H,6H2,1-2H3. The van der Waals surface area contributed by atoms with E-state index in [1.165, 1.54) is 4.88 Å². The lowest BCUT2D eigenvalue weighted by molar-refractivity contribution is 0.923. The molecule has 0 radical (unpaired) electrons. The van der Waals surface area contributed by atoms with E-state index in [1.807, 2.05) is 26.0 Å². The first kappa shape index (κ1) is 13.3. The number of hydrogen-bond acceptors (Lipinski definition) is 5.